The van der Waals surface area contributed by atoms with Gasteiger partial charge in [-0.05, 0) is 37.1 Å². The molecule has 1 aliphatic heterocycles. The number of likely N-dealkylation sites (tertiary alicyclic amines) is 1. The van der Waals surface area contributed by atoms with E-state index >= 15 is 0 Å². The molecule has 1 fully saturated rings. The largest absolute Gasteiger partial charge is 0.497 e. The molecule has 8 heteroatoms. The second-order valence-electron chi connectivity index (χ2n) is 7.99. The van der Waals surface area contributed by atoms with Crippen molar-refractivity contribution in [2.75, 3.05) is 25.5 Å². The van der Waals surface area contributed by atoms with Crippen LogP contribution in [0.15, 0.2) is 77.4 Å². The van der Waals surface area contributed by atoms with Crippen molar-refractivity contribution in [1.29, 1.82) is 0 Å². The summed E-state index contributed by atoms with van der Waals surface area (Å²) in [5.74, 6) is -0.646. The number of nitrogens with one attached hydrogen (secondary N) is 1. The van der Waals surface area contributed by atoms with Crippen LogP contribution in [-0.2, 0) is 14.3 Å². The van der Waals surface area contributed by atoms with Gasteiger partial charge in [0.25, 0.3) is 11.8 Å². The summed E-state index contributed by atoms with van der Waals surface area (Å²) in [6.07, 6.45) is 1.24. The predicted octanol–water partition coefficient (Wildman–Crippen LogP) is 4.06. The van der Waals surface area contributed by atoms with Crippen molar-refractivity contribution in [3.63, 3.8) is 0 Å². The van der Waals surface area contributed by atoms with Gasteiger partial charge in [-0.25, -0.2) is 0 Å². The van der Waals surface area contributed by atoms with Crippen molar-refractivity contribution in [2.45, 2.75) is 18.9 Å². The van der Waals surface area contributed by atoms with Crippen molar-refractivity contribution in [2.24, 2.45) is 5.92 Å². The van der Waals surface area contributed by atoms with Gasteiger partial charge in [-0.2, -0.15) is 0 Å². The molecule has 1 aliphatic rings. The molecule has 1 aromatic heterocycles. The molecule has 4 rings (SSSR count). The van der Waals surface area contributed by atoms with E-state index in [-0.39, 0.29) is 11.7 Å². The lowest BCUT2D eigenvalue weighted by Crippen LogP contribution is -2.41. The Hall–Kier alpha value is -4.07. The number of carbonyl (C=O) groups is 3. The van der Waals surface area contributed by atoms with Crippen LogP contribution in [0.2, 0.25) is 0 Å². The summed E-state index contributed by atoms with van der Waals surface area (Å²) in [6.45, 7) is 0.816. The predicted molar refractivity (Wildman–Crippen MR) is 124 cm³/mol. The third-order valence-corrected chi connectivity index (χ3v) is 5.76. The number of hydrogen-bond acceptors (Lipinski definition) is 6. The van der Waals surface area contributed by atoms with E-state index in [1.807, 2.05) is 6.07 Å². The van der Waals surface area contributed by atoms with Crippen LogP contribution >= 0.6 is 0 Å². The monoisotopic (exact) mass is 462 g/mol. The van der Waals surface area contributed by atoms with Crippen LogP contribution in [0.4, 0.5) is 5.69 Å². The van der Waals surface area contributed by atoms with Gasteiger partial charge in [0.1, 0.15) is 5.75 Å². The molecule has 0 saturated carbocycles. The van der Waals surface area contributed by atoms with E-state index in [0.29, 0.717) is 42.9 Å². The number of nitrogens with zero attached hydrogens (tertiary/aromatic N) is 1. The Bertz CT molecular complexity index is 1120. The molecular formula is C26H26N2O6. The van der Waals surface area contributed by atoms with E-state index in [1.165, 1.54) is 6.26 Å². The van der Waals surface area contributed by atoms with Gasteiger partial charge in [-0.15, -0.1) is 0 Å². The molecule has 1 saturated heterocycles. The zero-order valence-corrected chi connectivity index (χ0v) is 18.8. The summed E-state index contributed by atoms with van der Waals surface area (Å²) < 4.78 is 16.1. The lowest BCUT2D eigenvalue weighted by atomic mass is 9.96. The number of anilines is 1. The van der Waals surface area contributed by atoms with E-state index in [0.717, 1.165) is 0 Å². The minimum Gasteiger partial charge on any atom is -0.497 e. The van der Waals surface area contributed by atoms with Crippen LogP contribution in [0.3, 0.4) is 0 Å². The number of amides is 2. The molecule has 0 aliphatic carbocycles. The molecule has 176 valence electrons. The van der Waals surface area contributed by atoms with Crippen molar-refractivity contribution in [3.05, 3.63) is 84.3 Å². The molecule has 34 heavy (non-hydrogen) atoms. The van der Waals surface area contributed by atoms with Crippen molar-refractivity contribution in [1.82, 2.24) is 4.90 Å². The normalized spacial score (nSPS) is 14.8. The summed E-state index contributed by atoms with van der Waals surface area (Å²) in [6, 6.07) is 19.1. The lowest BCUT2D eigenvalue weighted by molar-refractivity contribution is -0.160. The Kier molecular flexibility index (Phi) is 7.27. The molecular weight excluding hydrogens is 436 g/mol. The molecule has 3 aromatic rings. The first kappa shape index (κ1) is 23.1. The number of ether oxygens (including phenoxy) is 2. The van der Waals surface area contributed by atoms with Crippen molar-refractivity contribution >= 4 is 23.5 Å². The van der Waals surface area contributed by atoms with Crippen LogP contribution < -0.4 is 10.1 Å². The number of methoxy groups -OCH3 is 1. The maximum absolute atomic E-state index is 13.1. The Morgan fingerprint density at radius 3 is 2.44 bits per heavy atom. The molecule has 0 radical (unpaired) electrons. The topological polar surface area (TPSA) is 98.1 Å². The average molecular weight is 463 g/mol. The first-order valence-electron chi connectivity index (χ1n) is 11.1. The van der Waals surface area contributed by atoms with Crippen LogP contribution in [0.1, 0.15) is 35.1 Å². The fourth-order valence-corrected chi connectivity index (χ4v) is 3.90. The summed E-state index contributed by atoms with van der Waals surface area (Å²) in [5.41, 5.74) is 1.10. The Morgan fingerprint density at radius 2 is 1.76 bits per heavy atom. The Labute approximate surface area is 197 Å². The highest BCUT2D eigenvalue weighted by Gasteiger charge is 2.33. The van der Waals surface area contributed by atoms with Gasteiger partial charge in [0.15, 0.2) is 5.76 Å². The van der Waals surface area contributed by atoms with Gasteiger partial charge in [0.05, 0.1) is 19.3 Å². The molecule has 1 atom stereocenters. The van der Waals surface area contributed by atoms with Gasteiger partial charge in [-0.3, -0.25) is 14.4 Å². The fourth-order valence-electron chi connectivity index (χ4n) is 3.90. The van der Waals surface area contributed by atoms with Crippen molar-refractivity contribution < 1.29 is 28.3 Å². The molecule has 8 nitrogen and oxygen atoms in total. The van der Waals surface area contributed by atoms with Crippen LogP contribution in [-0.4, -0.2) is 42.9 Å². The second-order valence-corrected chi connectivity index (χ2v) is 7.99. The maximum atomic E-state index is 13.1. The second kappa shape index (κ2) is 10.7. The highest BCUT2D eigenvalue weighted by molar-refractivity contribution is 5.96. The third-order valence-electron chi connectivity index (χ3n) is 5.76. The SMILES string of the molecule is COc1cccc(NC(=O)C(OC(=O)C2CCN(C(=O)c3ccco3)CC2)c2ccccc2)c1. The van der Waals surface area contributed by atoms with E-state index in [9.17, 15) is 14.4 Å². The van der Waals surface area contributed by atoms with Gasteiger partial charge in [-0.1, -0.05) is 36.4 Å². The highest BCUT2D eigenvalue weighted by Crippen LogP contribution is 2.26. The fraction of sp³-hybridized carbons (Fsp3) is 0.269. The van der Waals surface area contributed by atoms with Gasteiger partial charge in [0.2, 0.25) is 6.10 Å². The number of rotatable bonds is 7. The van der Waals surface area contributed by atoms with E-state index in [2.05, 4.69) is 5.32 Å². The van der Waals surface area contributed by atoms with Gasteiger partial charge in [0, 0.05) is 30.4 Å². The first-order valence-corrected chi connectivity index (χ1v) is 11.1. The number of piperidine rings is 1. The number of benzene rings is 2. The molecule has 0 bridgehead atoms. The van der Waals surface area contributed by atoms with Crippen LogP contribution in [0.5, 0.6) is 5.75 Å². The van der Waals surface area contributed by atoms with Crippen molar-refractivity contribution in [3.8, 4) is 5.75 Å². The van der Waals surface area contributed by atoms with E-state index in [1.54, 1.807) is 72.7 Å². The number of hydrogen-bond donors (Lipinski definition) is 1. The van der Waals surface area contributed by atoms with Gasteiger partial charge < -0.3 is 24.1 Å². The molecule has 1 unspecified atom stereocenters. The lowest BCUT2D eigenvalue weighted by Gasteiger charge is -2.31. The molecule has 2 amide bonds. The summed E-state index contributed by atoms with van der Waals surface area (Å²) in [5, 5.41) is 2.80. The molecule has 2 heterocycles. The van der Waals surface area contributed by atoms with E-state index < -0.39 is 23.9 Å². The smallest absolute Gasteiger partial charge is 0.310 e. The summed E-state index contributed by atoms with van der Waals surface area (Å²) >= 11 is 0. The minimum absolute atomic E-state index is 0.198. The average Bonchev–Trinajstić information content (AvgIpc) is 3.42. The summed E-state index contributed by atoms with van der Waals surface area (Å²) in [4.78, 5) is 40.2. The Balaban J connectivity index is 1.42. The van der Waals surface area contributed by atoms with Crippen LogP contribution in [0.25, 0.3) is 0 Å². The standard InChI is InChI=1S/C26H26N2O6/c1-32-21-10-5-9-20(17-21)27-24(29)23(18-7-3-2-4-8-18)34-26(31)19-12-14-28(15-13-19)25(30)22-11-6-16-33-22/h2-11,16-17,19,23H,12-15H2,1H3,(H,27,29). The number of furan rings is 1. The third kappa shape index (κ3) is 5.46. The minimum atomic E-state index is -1.11. The Morgan fingerprint density at radius 1 is 1.00 bits per heavy atom. The quantitative estimate of drug-likeness (QED) is 0.532. The summed E-state index contributed by atoms with van der Waals surface area (Å²) in [7, 11) is 1.54. The van der Waals surface area contributed by atoms with Gasteiger partial charge >= 0.3 is 5.97 Å². The number of esters is 1. The highest BCUT2D eigenvalue weighted by atomic mass is 16.5. The number of carbonyl (C=O) groups excluding carboxylic acids is 3. The zero-order valence-electron chi connectivity index (χ0n) is 18.8. The maximum Gasteiger partial charge on any atom is 0.310 e. The molecule has 2 aromatic carbocycles. The van der Waals surface area contributed by atoms with E-state index in [4.69, 9.17) is 13.9 Å². The molecule has 1 N–H and O–H groups in total. The molecule has 0 spiro atoms. The first-order chi connectivity index (χ1) is 16.5. The van der Waals surface area contributed by atoms with Crippen LogP contribution in [0, 0.1) is 5.92 Å². The zero-order chi connectivity index (χ0) is 23.9.